The highest BCUT2D eigenvalue weighted by Gasteiger charge is 2.30. The second kappa shape index (κ2) is 10.6. The zero-order chi connectivity index (χ0) is 23.5. The quantitative estimate of drug-likeness (QED) is 0.402. The Bertz CT molecular complexity index is 895. The van der Waals surface area contributed by atoms with E-state index < -0.39 is 16.2 Å². The molecule has 0 fully saturated rings. The summed E-state index contributed by atoms with van der Waals surface area (Å²) in [5, 5.41) is 0. The summed E-state index contributed by atoms with van der Waals surface area (Å²) in [5.41, 5.74) is 4.27. The Kier molecular flexibility index (Phi) is 8.65. The fourth-order valence-electron chi connectivity index (χ4n) is 3.59. The van der Waals surface area contributed by atoms with Crippen LogP contribution in [0.4, 0.5) is 0 Å². The number of aryl methyl sites for hydroxylation is 1. The van der Waals surface area contributed by atoms with Gasteiger partial charge in [-0.15, -0.1) is 0 Å². The smallest absolute Gasteiger partial charge is 0.339 e. The highest BCUT2D eigenvalue weighted by molar-refractivity contribution is 7.85. The Hall–Kier alpha value is -1.94. The molecule has 2 aromatic carbocycles. The van der Waals surface area contributed by atoms with E-state index in [1.54, 1.807) is 0 Å². The van der Waals surface area contributed by atoms with E-state index in [0.29, 0.717) is 16.4 Å². The topological polar surface area (TPSA) is 43.4 Å². The van der Waals surface area contributed by atoms with Gasteiger partial charge in [0, 0.05) is 10.8 Å². The number of esters is 1. The van der Waals surface area contributed by atoms with E-state index >= 15 is 0 Å². The van der Waals surface area contributed by atoms with Crippen LogP contribution in [0.15, 0.2) is 41.3 Å². The van der Waals surface area contributed by atoms with Crippen molar-refractivity contribution in [3.05, 3.63) is 64.2 Å². The van der Waals surface area contributed by atoms with Crippen LogP contribution in [0.2, 0.25) is 0 Å². The van der Waals surface area contributed by atoms with Gasteiger partial charge >= 0.3 is 5.97 Å². The molecule has 0 saturated carbocycles. The normalized spacial score (nSPS) is 13.8. The molecule has 2 aromatic rings. The standard InChI is InChI=1S/C27H38O3S/c1-16(2)21-14-23(17(3)4)25(24(15-21)18(5)6)26(28)30-27(19(7)8)31(29)22-12-10-20(9)11-13-22/h10-19,27H,1-9H3/t27-,31-/m1/s1. The van der Waals surface area contributed by atoms with Gasteiger partial charge in [0.15, 0.2) is 5.44 Å². The molecule has 0 N–H and O–H groups in total. The van der Waals surface area contributed by atoms with Gasteiger partial charge in [-0.05, 0) is 53.5 Å². The SMILES string of the molecule is Cc1ccc([S@@](=O)[C@@H](OC(=O)c2c(C(C)C)cc(C(C)C)cc2C(C)C)C(C)C)cc1. The number of carbonyl (C=O) groups excluding carboxylic acids is 1. The minimum atomic E-state index is -1.44. The first-order valence-electron chi connectivity index (χ1n) is 11.3. The second-order valence-corrected chi connectivity index (χ2v) is 11.2. The molecule has 0 aromatic heterocycles. The summed E-state index contributed by atoms with van der Waals surface area (Å²) in [5.74, 6) is 0.281. The average Bonchev–Trinajstić information content (AvgIpc) is 2.70. The maximum absolute atomic E-state index is 13.5. The van der Waals surface area contributed by atoms with Gasteiger partial charge in [0.05, 0.1) is 16.4 Å². The van der Waals surface area contributed by atoms with Crippen LogP contribution in [0.3, 0.4) is 0 Å². The third-order valence-corrected chi connectivity index (χ3v) is 7.37. The number of rotatable bonds is 8. The maximum Gasteiger partial charge on any atom is 0.339 e. The molecule has 0 radical (unpaired) electrons. The third kappa shape index (κ3) is 6.06. The lowest BCUT2D eigenvalue weighted by molar-refractivity contribution is 0.0380. The third-order valence-electron chi connectivity index (χ3n) is 5.57. The zero-order valence-corrected chi connectivity index (χ0v) is 21.3. The minimum Gasteiger partial charge on any atom is -0.444 e. The predicted molar refractivity (Wildman–Crippen MR) is 130 cm³/mol. The van der Waals surface area contributed by atoms with Crippen LogP contribution in [-0.4, -0.2) is 15.6 Å². The van der Waals surface area contributed by atoms with Crippen molar-refractivity contribution in [2.45, 2.75) is 90.4 Å². The van der Waals surface area contributed by atoms with Gasteiger partial charge in [-0.25, -0.2) is 4.79 Å². The summed E-state index contributed by atoms with van der Waals surface area (Å²) in [4.78, 5) is 14.2. The van der Waals surface area contributed by atoms with Gasteiger partial charge in [-0.3, -0.25) is 4.21 Å². The highest BCUT2D eigenvalue weighted by Crippen LogP contribution is 2.33. The summed E-state index contributed by atoms with van der Waals surface area (Å²) in [7, 11) is -1.44. The van der Waals surface area contributed by atoms with Crippen LogP contribution in [0.5, 0.6) is 0 Å². The van der Waals surface area contributed by atoms with Crippen LogP contribution in [-0.2, 0) is 15.5 Å². The van der Waals surface area contributed by atoms with Gasteiger partial charge in [0.2, 0.25) is 0 Å². The Morgan fingerprint density at radius 2 is 1.29 bits per heavy atom. The maximum atomic E-state index is 13.5. The van der Waals surface area contributed by atoms with Crippen LogP contribution in [0.1, 0.15) is 106 Å². The molecule has 2 atom stereocenters. The predicted octanol–water partition coefficient (Wildman–Crippen LogP) is 7.31. The lowest BCUT2D eigenvalue weighted by atomic mass is 9.84. The molecule has 2 rings (SSSR count). The van der Waals surface area contributed by atoms with Crippen molar-refractivity contribution < 1.29 is 13.7 Å². The number of hydrogen-bond acceptors (Lipinski definition) is 3. The molecule has 31 heavy (non-hydrogen) atoms. The monoisotopic (exact) mass is 442 g/mol. The largest absolute Gasteiger partial charge is 0.444 e. The molecule has 0 bridgehead atoms. The number of carbonyl (C=O) groups is 1. The fraction of sp³-hybridized carbons (Fsp3) is 0.519. The Morgan fingerprint density at radius 3 is 1.68 bits per heavy atom. The van der Waals surface area contributed by atoms with E-state index in [-0.39, 0.29) is 23.7 Å². The molecule has 0 heterocycles. The van der Waals surface area contributed by atoms with Crippen molar-refractivity contribution in [2.75, 3.05) is 0 Å². The molecule has 0 unspecified atom stereocenters. The molecule has 0 spiro atoms. The summed E-state index contributed by atoms with van der Waals surface area (Å²) in [6, 6.07) is 11.9. The Labute approximate surface area is 191 Å². The molecule has 0 saturated heterocycles. The van der Waals surface area contributed by atoms with Crippen molar-refractivity contribution in [2.24, 2.45) is 5.92 Å². The van der Waals surface area contributed by atoms with Gasteiger partial charge in [-0.1, -0.05) is 85.2 Å². The van der Waals surface area contributed by atoms with Crippen LogP contribution >= 0.6 is 0 Å². The summed E-state index contributed by atoms with van der Waals surface area (Å²) < 4.78 is 19.3. The summed E-state index contributed by atoms with van der Waals surface area (Å²) in [6.07, 6.45) is 0. The van der Waals surface area contributed by atoms with Gasteiger partial charge in [-0.2, -0.15) is 0 Å². The summed E-state index contributed by atoms with van der Waals surface area (Å²) >= 11 is 0. The van der Waals surface area contributed by atoms with Crippen molar-refractivity contribution in [1.82, 2.24) is 0 Å². The molecule has 0 aliphatic rings. The van der Waals surface area contributed by atoms with E-state index in [0.717, 1.165) is 16.7 Å². The number of ether oxygens (including phenoxy) is 1. The van der Waals surface area contributed by atoms with E-state index in [1.165, 1.54) is 5.56 Å². The molecule has 4 heteroatoms. The van der Waals surface area contributed by atoms with Crippen molar-refractivity contribution in [1.29, 1.82) is 0 Å². The van der Waals surface area contributed by atoms with E-state index in [1.807, 2.05) is 45.0 Å². The van der Waals surface area contributed by atoms with E-state index in [2.05, 4.69) is 53.7 Å². The van der Waals surface area contributed by atoms with Crippen molar-refractivity contribution in [3.8, 4) is 0 Å². The lowest BCUT2D eigenvalue weighted by Crippen LogP contribution is -2.29. The molecule has 0 amide bonds. The van der Waals surface area contributed by atoms with Crippen LogP contribution in [0, 0.1) is 12.8 Å². The number of hydrogen-bond donors (Lipinski definition) is 0. The lowest BCUT2D eigenvalue weighted by Gasteiger charge is -2.25. The van der Waals surface area contributed by atoms with Crippen LogP contribution in [0.25, 0.3) is 0 Å². The molecular formula is C27H38O3S. The van der Waals surface area contributed by atoms with Crippen LogP contribution < -0.4 is 0 Å². The van der Waals surface area contributed by atoms with Crippen molar-refractivity contribution in [3.63, 3.8) is 0 Å². The first-order valence-corrected chi connectivity index (χ1v) is 12.5. The molecule has 3 nitrogen and oxygen atoms in total. The highest BCUT2D eigenvalue weighted by atomic mass is 32.2. The Morgan fingerprint density at radius 1 is 0.806 bits per heavy atom. The van der Waals surface area contributed by atoms with Gasteiger partial charge < -0.3 is 4.74 Å². The molecule has 0 aliphatic carbocycles. The fourth-order valence-corrected chi connectivity index (χ4v) is 4.93. The second-order valence-electron chi connectivity index (χ2n) is 9.67. The summed E-state index contributed by atoms with van der Waals surface area (Å²) in [6.45, 7) is 18.6. The van der Waals surface area contributed by atoms with Gasteiger partial charge in [0.1, 0.15) is 0 Å². The Balaban J connectivity index is 2.50. The number of benzene rings is 2. The minimum absolute atomic E-state index is 0.0778. The van der Waals surface area contributed by atoms with Gasteiger partial charge in [0.25, 0.3) is 0 Å². The molecule has 0 aliphatic heterocycles. The first kappa shape index (κ1) is 25.3. The average molecular weight is 443 g/mol. The molecular weight excluding hydrogens is 404 g/mol. The first-order chi connectivity index (χ1) is 14.4. The van der Waals surface area contributed by atoms with Crippen molar-refractivity contribution >= 4 is 16.8 Å². The zero-order valence-electron chi connectivity index (χ0n) is 20.5. The van der Waals surface area contributed by atoms with E-state index in [4.69, 9.17) is 4.74 Å². The molecule has 170 valence electrons. The van der Waals surface area contributed by atoms with E-state index in [9.17, 15) is 9.00 Å².